The number of aromatic amines is 1. The van der Waals surface area contributed by atoms with Crippen molar-refractivity contribution in [1.82, 2.24) is 29.9 Å². The fourth-order valence-corrected chi connectivity index (χ4v) is 3.52. The van der Waals surface area contributed by atoms with Gasteiger partial charge in [0.25, 0.3) is 0 Å². The largest absolute Gasteiger partial charge is 0.493 e. The first kappa shape index (κ1) is 16.6. The van der Waals surface area contributed by atoms with Crippen LogP contribution in [0.5, 0.6) is 5.75 Å². The van der Waals surface area contributed by atoms with Crippen LogP contribution in [-0.2, 0) is 6.54 Å². The van der Waals surface area contributed by atoms with Crippen LogP contribution in [0.1, 0.15) is 17.2 Å². The number of rotatable bonds is 4. The Kier molecular flexibility index (Phi) is 3.89. The van der Waals surface area contributed by atoms with Crippen molar-refractivity contribution in [2.24, 2.45) is 0 Å². The molecule has 0 amide bonds. The lowest BCUT2D eigenvalue weighted by Gasteiger charge is -2.09. The molecule has 1 aliphatic rings. The van der Waals surface area contributed by atoms with Crippen molar-refractivity contribution in [2.45, 2.75) is 19.4 Å². The van der Waals surface area contributed by atoms with Gasteiger partial charge in [0.05, 0.1) is 24.3 Å². The van der Waals surface area contributed by atoms with Crippen molar-refractivity contribution < 1.29 is 9.13 Å². The van der Waals surface area contributed by atoms with Gasteiger partial charge in [-0.2, -0.15) is 0 Å². The molecule has 0 unspecified atom stereocenters. The molecule has 4 aromatic rings. The summed E-state index contributed by atoms with van der Waals surface area (Å²) in [5, 5.41) is 10.8. The maximum Gasteiger partial charge on any atom is 0.123 e. The summed E-state index contributed by atoms with van der Waals surface area (Å²) in [6, 6.07) is 8.50. The van der Waals surface area contributed by atoms with Crippen LogP contribution >= 0.6 is 0 Å². The highest BCUT2D eigenvalue weighted by molar-refractivity contribution is 5.67. The van der Waals surface area contributed by atoms with Gasteiger partial charge in [0.2, 0.25) is 0 Å². The van der Waals surface area contributed by atoms with Gasteiger partial charge in [0, 0.05) is 36.0 Å². The van der Waals surface area contributed by atoms with Crippen LogP contribution in [-0.4, -0.2) is 36.6 Å². The Bertz CT molecular complexity index is 1150. The molecule has 4 heterocycles. The van der Waals surface area contributed by atoms with Gasteiger partial charge < -0.3 is 9.30 Å². The first-order valence-corrected chi connectivity index (χ1v) is 8.96. The number of H-pyrrole nitrogens is 1. The predicted octanol–water partition coefficient (Wildman–Crippen LogP) is 3.35. The summed E-state index contributed by atoms with van der Waals surface area (Å²) < 4.78 is 21.2. The van der Waals surface area contributed by atoms with Crippen LogP contribution in [0.3, 0.4) is 0 Å². The smallest absolute Gasteiger partial charge is 0.123 e. The Morgan fingerprint density at radius 1 is 1.21 bits per heavy atom. The van der Waals surface area contributed by atoms with Gasteiger partial charge >= 0.3 is 0 Å². The molecule has 1 atom stereocenters. The Balaban J connectivity index is 1.39. The zero-order valence-electron chi connectivity index (χ0n) is 15.1. The third kappa shape index (κ3) is 2.92. The third-order valence-electron chi connectivity index (χ3n) is 4.93. The summed E-state index contributed by atoms with van der Waals surface area (Å²) in [5.41, 5.74) is 5.05. The van der Waals surface area contributed by atoms with E-state index in [1.54, 1.807) is 24.7 Å². The van der Waals surface area contributed by atoms with Gasteiger partial charge in [-0.3, -0.25) is 10.1 Å². The number of benzene rings is 1. The minimum atomic E-state index is -0.246. The molecule has 0 bridgehead atoms. The number of hydrogen-bond acceptors (Lipinski definition) is 5. The molecule has 1 aromatic carbocycles. The average Bonchev–Trinajstić information content (AvgIpc) is 3.43. The van der Waals surface area contributed by atoms with Crippen LogP contribution in [0.2, 0.25) is 0 Å². The summed E-state index contributed by atoms with van der Waals surface area (Å²) in [6.45, 7) is 3.12. The van der Waals surface area contributed by atoms with Gasteiger partial charge in [0.15, 0.2) is 0 Å². The Hall–Kier alpha value is -3.55. The van der Waals surface area contributed by atoms with Crippen LogP contribution in [0.15, 0.2) is 49.1 Å². The lowest BCUT2D eigenvalue weighted by molar-refractivity contribution is 0.319. The normalized spacial score (nSPS) is 15.4. The minimum absolute atomic E-state index is 0.0878. The van der Waals surface area contributed by atoms with Crippen molar-refractivity contribution in [3.63, 3.8) is 0 Å². The molecule has 8 heteroatoms. The van der Waals surface area contributed by atoms with Crippen LogP contribution in [0.25, 0.3) is 22.6 Å². The van der Waals surface area contributed by atoms with Gasteiger partial charge in [-0.25, -0.2) is 9.37 Å². The van der Waals surface area contributed by atoms with Crippen molar-refractivity contribution in [3.8, 4) is 28.4 Å². The molecule has 0 spiro atoms. The number of ether oxygens (including phenoxy) is 1. The highest BCUT2D eigenvalue weighted by Gasteiger charge is 2.25. The van der Waals surface area contributed by atoms with Crippen molar-refractivity contribution in [3.05, 3.63) is 66.1 Å². The van der Waals surface area contributed by atoms with Gasteiger partial charge in [-0.05, 0) is 37.3 Å². The summed E-state index contributed by atoms with van der Waals surface area (Å²) in [5.74, 6) is 0.596. The predicted molar refractivity (Wildman–Crippen MR) is 100 cm³/mol. The second-order valence-corrected chi connectivity index (χ2v) is 6.86. The van der Waals surface area contributed by atoms with E-state index in [0.717, 1.165) is 39.7 Å². The Morgan fingerprint density at radius 3 is 3.00 bits per heavy atom. The quantitative estimate of drug-likeness (QED) is 0.591. The number of nitrogens with zero attached hydrogens (tertiary/aromatic N) is 5. The molecule has 0 radical (unpaired) electrons. The summed E-state index contributed by atoms with van der Waals surface area (Å²) >= 11 is 0. The van der Waals surface area contributed by atoms with E-state index in [0.29, 0.717) is 13.2 Å². The van der Waals surface area contributed by atoms with E-state index in [1.807, 2.05) is 29.8 Å². The molecule has 0 aliphatic carbocycles. The topological polar surface area (TPSA) is 81.5 Å². The lowest BCUT2D eigenvalue weighted by atomic mass is 10.0. The highest BCUT2D eigenvalue weighted by Crippen LogP contribution is 2.35. The fraction of sp³-hybridized carbons (Fsp3) is 0.200. The van der Waals surface area contributed by atoms with E-state index >= 15 is 0 Å². The molecule has 0 saturated carbocycles. The van der Waals surface area contributed by atoms with E-state index in [9.17, 15) is 4.39 Å². The van der Waals surface area contributed by atoms with E-state index < -0.39 is 0 Å². The molecule has 3 aromatic heterocycles. The van der Waals surface area contributed by atoms with E-state index in [1.165, 1.54) is 6.07 Å². The molecular weight excluding hydrogens is 359 g/mol. The van der Waals surface area contributed by atoms with Crippen molar-refractivity contribution in [1.29, 1.82) is 0 Å². The molecule has 5 rings (SSSR count). The zero-order chi connectivity index (χ0) is 19.1. The summed E-state index contributed by atoms with van der Waals surface area (Å²) in [6.07, 6.45) is 5.45. The van der Waals surface area contributed by atoms with E-state index in [4.69, 9.17) is 4.74 Å². The lowest BCUT2D eigenvalue weighted by Crippen LogP contribution is -2.09. The molecular formula is C20H17FN6O. The van der Waals surface area contributed by atoms with E-state index in [2.05, 4.69) is 25.4 Å². The number of pyridine rings is 1. The molecule has 7 nitrogen and oxygen atoms in total. The van der Waals surface area contributed by atoms with Crippen molar-refractivity contribution >= 4 is 0 Å². The number of fused-ring (bicyclic) bond motifs is 1. The fourth-order valence-electron chi connectivity index (χ4n) is 3.52. The monoisotopic (exact) mass is 376 g/mol. The van der Waals surface area contributed by atoms with Gasteiger partial charge in [-0.15, -0.1) is 5.10 Å². The first-order valence-electron chi connectivity index (χ1n) is 8.96. The number of hydrogen-bond donors (Lipinski definition) is 1. The van der Waals surface area contributed by atoms with Gasteiger partial charge in [0.1, 0.15) is 23.0 Å². The second-order valence-electron chi connectivity index (χ2n) is 6.86. The number of aromatic nitrogens is 6. The minimum Gasteiger partial charge on any atom is -0.493 e. The molecule has 140 valence electrons. The molecule has 0 fully saturated rings. The number of nitrogens with one attached hydrogen (secondary N) is 1. The van der Waals surface area contributed by atoms with Crippen LogP contribution in [0, 0.1) is 12.7 Å². The summed E-state index contributed by atoms with van der Waals surface area (Å²) in [4.78, 5) is 8.92. The zero-order valence-corrected chi connectivity index (χ0v) is 15.1. The SMILES string of the molecule is Cc1[nH]nnc1-c1ccnc(-c2cn(C[C@@H]3COc4ccc(F)cc43)cn2)c1. The second kappa shape index (κ2) is 6.56. The standard InChI is InChI=1S/C20H17FN6O/c1-12-20(25-26-24-12)13-4-5-22-17(6-13)18-9-27(11-23-18)8-14-10-28-19-3-2-15(21)7-16(14)19/h2-7,9,11,14H,8,10H2,1H3,(H,24,25,26)/t14-/m1/s1. The van der Waals surface area contributed by atoms with Gasteiger partial charge in [-0.1, -0.05) is 5.21 Å². The number of imidazole rings is 1. The molecule has 1 N–H and O–H groups in total. The van der Waals surface area contributed by atoms with Crippen LogP contribution < -0.4 is 4.74 Å². The Morgan fingerprint density at radius 2 is 2.14 bits per heavy atom. The average molecular weight is 376 g/mol. The highest BCUT2D eigenvalue weighted by atomic mass is 19.1. The Labute approximate surface area is 160 Å². The summed E-state index contributed by atoms with van der Waals surface area (Å²) in [7, 11) is 0. The molecule has 0 saturated heterocycles. The number of aryl methyl sites for hydroxylation is 1. The molecule has 1 aliphatic heterocycles. The number of halogens is 1. The van der Waals surface area contributed by atoms with Crippen molar-refractivity contribution in [2.75, 3.05) is 6.61 Å². The van der Waals surface area contributed by atoms with E-state index in [-0.39, 0.29) is 11.7 Å². The van der Waals surface area contributed by atoms with Crippen LogP contribution in [0.4, 0.5) is 4.39 Å². The molecule has 28 heavy (non-hydrogen) atoms. The maximum atomic E-state index is 13.6. The third-order valence-corrected chi connectivity index (χ3v) is 4.93. The maximum absolute atomic E-state index is 13.6. The first-order chi connectivity index (χ1) is 13.7.